The molecule has 3 rings (SSSR count). The molecule has 1 aliphatic rings. The van der Waals surface area contributed by atoms with Crippen LogP contribution in [0.2, 0.25) is 0 Å². The van der Waals surface area contributed by atoms with Gasteiger partial charge in [0.15, 0.2) is 11.5 Å². The van der Waals surface area contributed by atoms with E-state index in [9.17, 15) is 4.79 Å². The molecular formula is C14H9BrO3. The topological polar surface area (TPSA) is 35.5 Å². The molecule has 0 saturated heterocycles. The maximum atomic E-state index is 10.8. The minimum absolute atomic E-state index is 0.250. The first-order chi connectivity index (χ1) is 8.78. The molecule has 0 N–H and O–H groups in total. The Hall–Kier alpha value is -1.81. The fourth-order valence-electron chi connectivity index (χ4n) is 1.92. The Morgan fingerprint density at radius 3 is 2.67 bits per heavy atom. The zero-order valence-electron chi connectivity index (χ0n) is 9.35. The Balaban J connectivity index is 2.13. The van der Waals surface area contributed by atoms with Gasteiger partial charge in [-0.3, -0.25) is 4.79 Å². The number of carbonyl (C=O) groups excluding carboxylic acids is 1. The van der Waals surface area contributed by atoms with E-state index in [1.807, 2.05) is 30.3 Å². The van der Waals surface area contributed by atoms with Crippen LogP contribution in [0, 0.1) is 0 Å². The number of hydrogen-bond donors (Lipinski definition) is 0. The first kappa shape index (κ1) is 11.3. The summed E-state index contributed by atoms with van der Waals surface area (Å²) in [6, 6.07) is 11.2. The number of ether oxygens (including phenoxy) is 2. The van der Waals surface area contributed by atoms with Crippen LogP contribution in [-0.4, -0.2) is 13.1 Å². The molecule has 1 aliphatic heterocycles. The number of hydrogen-bond acceptors (Lipinski definition) is 3. The summed E-state index contributed by atoms with van der Waals surface area (Å²) in [6.07, 6.45) is 0.838. The van der Waals surface area contributed by atoms with Gasteiger partial charge in [-0.25, -0.2) is 0 Å². The van der Waals surface area contributed by atoms with Gasteiger partial charge in [-0.05, 0) is 29.3 Å². The van der Waals surface area contributed by atoms with E-state index in [0.717, 1.165) is 33.4 Å². The maximum absolute atomic E-state index is 10.8. The van der Waals surface area contributed by atoms with Gasteiger partial charge in [0, 0.05) is 10.0 Å². The van der Waals surface area contributed by atoms with Gasteiger partial charge >= 0.3 is 0 Å². The molecule has 0 amide bonds. The van der Waals surface area contributed by atoms with Crippen molar-refractivity contribution in [1.29, 1.82) is 0 Å². The normalized spacial score (nSPS) is 12.5. The molecule has 0 saturated carbocycles. The molecule has 3 nitrogen and oxygen atoms in total. The van der Waals surface area contributed by atoms with Crippen LogP contribution < -0.4 is 9.47 Å². The molecule has 0 atom stereocenters. The molecule has 4 heteroatoms. The molecule has 0 unspecified atom stereocenters. The third kappa shape index (κ3) is 1.88. The molecular weight excluding hydrogens is 296 g/mol. The molecule has 2 aromatic rings. The number of rotatable bonds is 2. The molecule has 90 valence electrons. The van der Waals surface area contributed by atoms with Crippen molar-refractivity contribution in [3.8, 4) is 22.6 Å². The van der Waals surface area contributed by atoms with E-state index in [2.05, 4.69) is 15.9 Å². The number of fused-ring (bicyclic) bond motifs is 1. The summed E-state index contributed by atoms with van der Waals surface area (Å²) in [7, 11) is 0. The summed E-state index contributed by atoms with van der Waals surface area (Å²) in [4.78, 5) is 10.8. The number of benzene rings is 2. The summed E-state index contributed by atoms with van der Waals surface area (Å²) in [5.41, 5.74) is 2.59. The van der Waals surface area contributed by atoms with Gasteiger partial charge in [-0.15, -0.1) is 0 Å². The van der Waals surface area contributed by atoms with E-state index in [0.29, 0.717) is 5.56 Å². The zero-order valence-corrected chi connectivity index (χ0v) is 10.9. The van der Waals surface area contributed by atoms with Gasteiger partial charge < -0.3 is 9.47 Å². The van der Waals surface area contributed by atoms with Crippen LogP contribution in [-0.2, 0) is 0 Å². The molecule has 1 heterocycles. The van der Waals surface area contributed by atoms with Crippen molar-refractivity contribution in [3.05, 3.63) is 46.4 Å². The predicted octanol–water partition coefficient (Wildman–Crippen LogP) is 3.66. The molecule has 0 aromatic heterocycles. The predicted molar refractivity (Wildman–Crippen MR) is 71.1 cm³/mol. The van der Waals surface area contributed by atoms with Crippen LogP contribution in [0.1, 0.15) is 10.4 Å². The van der Waals surface area contributed by atoms with Crippen molar-refractivity contribution in [2.24, 2.45) is 0 Å². The maximum Gasteiger partial charge on any atom is 0.231 e. The standard InChI is InChI=1S/C14H9BrO3/c15-12-6-14-13(17-8-18-14)5-11(12)10-3-1-2-9(4-10)7-16/h1-7H,8H2. The Labute approximate surface area is 112 Å². The summed E-state index contributed by atoms with van der Waals surface area (Å²) < 4.78 is 11.6. The van der Waals surface area contributed by atoms with Gasteiger partial charge in [-0.2, -0.15) is 0 Å². The Morgan fingerprint density at radius 2 is 1.89 bits per heavy atom. The van der Waals surface area contributed by atoms with Gasteiger partial charge in [0.1, 0.15) is 6.29 Å². The molecule has 0 fully saturated rings. The highest BCUT2D eigenvalue weighted by Gasteiger charge is 2.17. The van der Waals surface area contributed by atoms with Crippen LogP contribution in [0.3, 0.4) is 0 Å². The van der Waals surface area contributed by atoms with Gasteiger partial charge in [0.05, 0.1) is 0 Å². The van der Waals surface area contributed by atoms with Crippen molar-refractivity contribution >= 4 is 22.2 Å². The second-order valence-corrected chi connectivity index (χ2v) is 4.78. The van der Waals surface area contributed by atoms with Crippen LogP contribution in [0.4, 0.5) is 0 Å². The molecule has 0 bridgehead atoms. The first-order valence-electron chi connectivity index (χ1n) is 5.43. The van der Waals surface area contributed by atoms with Crippen LogP contribution in [0.25, 0.3) is 11.1 Å². The highest BCUT2D eigenvalue weighted by Crippen LogP contribution is 2.41. The molecule has 0 spiro atoms. The Bertz CT molecular complexity index is 622. The smallest absolute Gasteiger partial charge is 0.231 e. The highest BCUT2D eigenvalue weighted by molar-refractivity contribution is 9.10. The second kappa shape index (κ2) is 4.46. The first-order valence-corrected chi connectivity index (χ1v) is 6.22. The second-order valence-electron chi connectivity index (χ2n) is 3.93. The van der Waals surface area contributed by atoms with Crippen molar-refractivity contribution in [3.63, 3.8) is 0 Å². The largest absolute Gasteiger partial charge is 0.454 e. The lowest BCUT2D eigenvalue weighted by Gasteiger charge is -2.07. The monoisotopic (exact) mass is 304 g/mol. The summed E-state index contributed by atoms with van der Waals surface area (Å²) in [6.45, 7) is 0.250. The van der Waals surface area contributed by atoms with Gasteiger partial charge in [-0.1, -0.05) is 34.1 Å². The van der Waals surface area contributed by atoms with Crippen LogP contribution >= 0.6 is 15.9 Å². The minimum Gasteiger partial charge on any atom is -0.454 e. The van der Waals surface area contributed by atoms with Crippen molar-refractivity contribution in [1.82, 2.24) is 0 Å². The van der Waals surface area contributed by atoms with E-state index >= 15 is 0 Å². The fraction of sp³-hybridized carbons (Fsp3) is 0.0714. The van der Waals surface area contributed by atoms with Crippen molar-refractivity contribution < 1.29 is 14.3 Å². The van der Waals surface area contributed by atoms with Crippen LogP contribution in [0.5, 0.6) is 11.5 Å². The Morgan fingerprint density at radius 1 is 1.11 bits per heavy atom. The average Bonchev–Trinajstić information content (AvgIpc) is 2.85. The van der Waals surface area contributed by atoms with E-state index in [-0.39, 0.29) is 6.79 Å². The highest BCUT2D eigenvalue weighted by atomic mass is 79.9. The number of aldehydes is 1. The van der Waals surface area contributed by atoms with Gasteiger partial charge in [0.2, 0.25) is 6.79 Å². The fourth-order valence-corrected chi connectivity index (χ4v) is 2.47. The number of carbonyl (C=O) groups is 1. The lowest BCUT2D eigenvalue weighted by atomic mass is 10.0. The third-order valence-corrected chi connectivity index (χ3v) is 3.45. The van der Waals surface area contributed by atoms with E-state index in [1.165, 1.54) is 0 Å². The molecule has 0 aliphatic carbocycles. The zero-order chi connectivity index (χ0) is 12.5. The van der Waals surface area contributed by atoms with E-state index in [4.69, 9.17) is 9.47 Å². The molecule has 2 aromatic carbocycles. The quantitative estimate of drug-likeness (QED) is 0.794. The van der Waals surface area contributed by atoms with Crippen LogP contribution in [0.15, 0.2) is 40.9 Å². The lowest BCUT2D eigenvalue weighted by Crippen LogP contribution is -1.92. The van der Waals surface area contributed by atoms with Crippen molar-refractivity contribution in [2.45, 2.75) is 0 Å². The Kier molecular flexibility index (Phi) is 2.80. The van der Waals surface area contributed by atoms with Gasteiger partial charge in [0.25, 0.3) is 0 Å². The van der Waals surface area contributed by atoms with E-state index in [1.54, 1.807) is 6.07 Å². The third-order valence-electron chi connectivity index (χ3n) is 2.80. The minimum atomic E-state index is 0.250. The molecule has 0 radical (unpaired) electrons. The molecule has 18 heavy (non-hydrogen) atoms. The summed E-state index contributed by atoms with van der Waals surface area (Å²) in [5.74, 6) is 1.46. The summed E-state index contributed by atoms with van der Waals surface area (Å²) in [5, 5.41) is 0. The number of halogens is 1. The SMILES string of the molecule is O=Cc1cccc(-c2cc3c(cc2Br)OCO3)c1. The van der Waals surface area contributed by atoms with E-state index < -0.39 is 0 Å². The van der Waals surface area contributed by atoms with Crippen molar-refractivity contribution in [2.75, 3.05) is 6.79 Å². The summed E-state index contributed by atoms with van der Waals surface area (Å²) >= 11 is 3.51. The lowest BCUT2D eigenvalue weighted by molar-refractivity contribution is 0.112. The average molecular weight is 305 g/mol.